The Labute approximate surface area is 184 Å². The van der Waals surface area contributed by atoms with Gasteiger partial charge >= 0.3 is 0 Å². The van der Waals surface area contributed by atoms with Crippen LogP contribution in [0.5, 0.6) is 0 Å². The summed E-state index contributed by atoms with van der Waals surface area (Å²) in [6, 6.07) is 19.3. The second kappa shape index (κ2) is 9.01. The van der Waals surface area contributed by atoms with E-state index >= 15 is 0 Å². The van der Waals surface area contributed by atoms with Gasteiger partial charge in [-0.3, -0.25) is 0 Å². The van der Waals surface area contributed by atoms with Crippen LogP contribution in [0.2, 0.25) is 0 Å². The van der Waals surface area contributed by atoms with Crippen LogP contribution in [-0.4, -0.2) is 24.1 Å². The molecular weight excluding hydrogens is 384 g/mol. The third kappa shape index (κ3) is 4.54. The van der Waals surface area contributed by atoms with Gasteiger partial charge in [-0.1, -0.05) is 25.0 Å². The summed E-state index contributed by atoms with van der Waals surface area (Å²) in [6.45, 7) is 2.22. The first kappa shape index (κ1) is 19.9. The summed E-state index contributed by atoms with van der Waals surface area (Å²) in [6.07, 6.45) is 8.86. The highest BCUT2D eigenvalue weighted by Gasteiger charge is 2.30. The van der Waals surface area contributed by atoms with E-state index in [1.807, 2.05) is 36.4 Å². The molecule has 0 bridgehead atoms. The van der Waals surface area contributed by atoms with Crippen molar-refractivity contribution in [3.05, 3.63) is 54.1 Å². The molecule has 1 N–H and O–H groups in total. The molecule has 5 nitrogen and oxygen atoms in total. The average molecular weight is 415 g/mol. The molecule has 160 valence electrons. The van der Waals surface area contributed by atoms with Crippen LogP contribution in [0.25, 0.3) is 11.1 Å². The molecule has 1 saturated carbocycles. The number of nitriles is 1. The van der Waals surface area contributed by atoms with Crippen molar-refractivity contribution in [1.29, 1.82) is 5.26 Å². The van der Waals surface area contributed by atoms with E-state index in [1.54, 1.807) is 0 Å². The molecule has 1 aliphatic heterocycles. The third-order valence-corrected chi connectivity index (χ3v) is 7.03. The lowest BCUT2D eigenvalue weighted by molar-refractivity contribution is 0.245. The Morgan fingerprint density at radius 1 is 1.03 bits per heavy atom. The van der Waals surface area contributed by atoms with Crippen LogP contribution in [0.3, 0.4) is 0 Å². The second-order valence-corrected chi connectivity index (χ2v) is 9.13. The Kier molecular flexibility index (Phi) is 5.80. The van der Waals surface area contributed by atoms with E-state index in [0.717, 1.165) is 29.8 Å². The van der Waals surface area contributed by atoms with Crippen molar-refractivity contribution >= 4 is 22.8 Å². The van der Waals surface area contributed by atoms with E-state index in [2.05, 4.69) is 33.4 Å². The molecule has 2 heterocycles. The fraction of sp³-hybridized carbons (Fsp3) is 0.462. The van der Waals surface area contributed by atoms with Gasteiger partial charge in [0, 0.05) is 24.8 Å². The quantitative estimate of drug-likeness (QED) is 0.556. The predicted molar refractivity (Wildman–Crippen MR) is 124 cm³/mol. The highest BCUT2D eigenvalue weighted by molar-refractivity contribution is 5.74. The predicted octanol–water partition coefficient (Wildman–Crippen LogP) is 5.98. The van der Waals surface area contributed by atoms with Crippen molar-refractivity contribution in [2.45, 2.75) is 51.0 Å². The molecule has 1 aromatic heterocycles. The molecular formula is C26H30N4O. The van der Waals surface area contributed by atoms with E-state index in [4.69, 9.17) is 9.68 Å². The van der Waals surface area contributed by atoms with Crippen LogP contribution in [0.4, 0.5) is 11.7 Å². The first-order valence-electron chi connectivity index (χ1n) is 11.7. The molecule has 31 heavy (non-hydrogen) atoms. The number of nitrogens with zero attached hydrogens (tertiary/aromatic N) is 3. The Hall–Kier alpha value is -3.00. The lowest BCUT2D eigenvalue weighted by Crippen LogP contribution is -2.39. The molecule has 5 heteroatoms. The molecule has 3 atom stereocenters. The van der Waals surface area contributed by atoms with Crippen molar-refractivity contribution in [2.24, 2.45) is 11.8 Å². The van der Waals surface area contributed by atoms with E-state index in [0.29, 0.717) is 23.9 Å². The molecule has 0 spiro atoms. The molecule has 0 radical (unpaired) electrons. The van der Waals surface area contributed by atoms with Gasteiger partial charge < -0.3 is 14.6 Å². The van der Waals surface area contributed by atoms with Crippen molar-refractivity contribution in [2.75, 3.05) is 23.3 Å². The summed E-state index contributed by atoms with van der Waals surface area (Å²) in [5.74, 6) is 1.37. The lowest BCUT2D eigenvalue weighted by atomic mass is 9.77. The molecule has 2 aliphatic rings. The third-order valence-electron chi connectivity index (χ3n) is 7.03. The van der Waals surface area contributed by atoms with Crippen molar-refractivity contribution < 1.29 is 4.42 Å². The Bertz CT molecular complexity index is 1020. The van der Waals surface area contributed by atoms with Crippen molar-refractivity contribution in [1.82, 2.24) is 4.98 Å². The maximum Gasteiger partial charge on any atom is 0.295 e. The maximum atomic E-state index is 9.05. The van der Waals surface area contributed by atoms with Gasteiger partial charge in [0.2, 0.25) is 0 Å². The van der Waals surface area contributed by atoms with Crippen LogP contribution < -0.4 is 10.2 Å². The van der Waals surface area contributed by atoms with Crippen LogP contribution in [-0.2, 0) is 0 Å². The SMILES string of the molecule is N#Cc1ccc(N2CCC[C@H](C[C@@H]3CCCC[C@H]3Nc3nc4ccccc4o3)C2)cc1. The highest BCUT2D eigenvalue weighted by atomic mass is 16.4. The van der Waals surface area contributed by atoms with Crippen LogP contribution in [0.15, 0.2) is 52.9 Å². The van der Waals surface area contributed by atoms with Crippen molar-refractivity contribution in [3.8, 4) is 6.07 Å². The summed E-state index contributed by atoms with van der Waals surface area (Å²) in [5, 5.41) is 12.7. The fourth-order valence-electron chi connectivity index (χ4n) is 5.44. The zero-order valence-corrected chi connectivity index (χ0v) is 18.0. The van der Waals surface area contributed by atoms with E-state index in [-0.39, 0.29) is 0 Å². The number of hydrogen-bond donors (Lipinski definition) is 1. The minimum absolute atomic E-state index is 0.437. The molecule has 1 aliphatic carbocycles. The van der Waals surface area contributed by atoms with Gasteiger partial charge in [-0.15, -0.1) is 0 Å². The normalized spacial score (nSPS) is 24.1. The average Bonchev–Trinajstić information content (AvgIpc) is 3.23. The van der Waals surface area contributed by atoms with Gasteiger partial charge in [-0.25, -0.2) is 0 Å². The molecule has 2 aromatic carbocycles. The molecule has 0 amide bonds. The number of hydrogen-bond acceptors (Lipinski definition) is 5. The standard InChI is InChI=1S/C26H30N4O/c27-17-19-11-13-22(14-12-19)30-15-5-6-20(18-30)16-21-7-1-2-8-23(21)28-26-29-24-9-3-4-10-25(24)31-26/h3-4,9-14,20-21,23H,1-2,5-8,15-16,18H2,(H,28,29)/t20-,21+,23-/m1/s1. The number of para-hydroxylation sites is 2. The number of benzene rings is 2. The Morgan fingerprint density at radius 2 is 1.87 bits per heavy atom. The molecule has 1 saturated heterocycles. The summed E-state index contributed by atoms with van der Waals surface area (Å²) in [7, 11) is 0. The second-order valence-electron chi connectivity index (χ2n) is 9.13. The van der Waals surface area contributed by atoms with Gasteiger partial charge in [0.25, 0.3) is 6.01 Å². The van der Waals surface area contributed by atoms with Crippen LogP contribution >= 0.6 is 0 Å². The molecule has 5 rings (SSSR count). The lowest BCUT2D eigenvalue weighted by Gasteiger charge is -2.39. The minimum Gasteiger partial charge on any atom is -0.424 e. The smallest absolute Gasteiger partial charge is 0.295 e. The van der Waals surface area contributed by atoms with E-state index < -0.39 is 0 Å². The number of nitrogens with one attached hydrogen (secondary N) is 1. The summed E-state index contributed by atoms with van der Waals surface area (Å²) >= 11 is 0. The Morgan fingerprint density at radius 3 is 2.71 bits per heavy atom. The molecule has 3 aromatic rings. The molecule has 0 unspecified atom stereocenters. The van der Waals surface area contributed by atoms with Gasteiger partial charge in [-0.2, -0.15) is 10.2 Å². The number of fused-ring (bicyclic) bond motifs is 1. The number of piperidine rings is 1. The zero-order valence-electron chi connectivity index (χ0n) is 18.0. The first-order chi connectivity index (χ1) is 15.3. The summed E-state index contributed by atoms with van der Waals surface area (Å²) in [5.41, 5.74) is 3.74. The maximum absolute atomic E-state index is 9.05. The minimum atomic E-state index is 0.437. The van der Waals surface area contributed by atoms with E-state index in [9.17, 15) is 0 Å². The highest BCUT2D eigenvalue weighted by Crippen LogP contribution is 2.35. The van der Waals surface area contributed by atoms with Gasteiger partial charge in [-0.05, 0) is 80.3 Å². The fourth-order valence-corrected chi connectivity index (χ4v) is 5.44. The van der Waals surface area contributed by atoms with Gasteiger partial charge in [0.1, 0.15) is 5.52 Å². The Balaban J connectivity index is 1.24. The topological polar surface area (TPSA) is 65.1 Å². The van der Waals surface area contributed by atoms with Gasteiger partial charge in [0.15, 0.2) is 5.58 Å². The zero-order chi connectivity index (χ0) is 21.0. The van der Waals surface area contributed by atoms with Crippen molar-refractivity contribution in [3.63, 3.8) is 0 Å². The van der Waals surface area contributed by atoms with Crippen LogP contribution in [0.1, 0.15) is 50.5 Å². The summed E-state index contributed by atoms with van der Waals surface area (Å²) < 4.78 is 5.95. The largest absolute Gasteiger partial charge is 0.424 e. The number of rotatable bonds is 5. The number of aromatic nitrogens is 1. The van der Waals surface area contributed by atoms with Crippen LogP contribution in [0, 0.1) is 23.2 Å². The molecule has 2 fully saturated rings. The number of oxazole rings is 1. The van der Waals surface area contributed by atoms with E-state index in [1.165, 1.54) is 50.6 Å². The van der Waals surface area contributed by atoms with Gasteiger partial charge in [0.05, 0.1) is 11.6 Å². The first-order valence-corrected chi connectivity index (χ1v) is 11.7. The summed E-state index contributed by atoms with van der Waals surface area (Å²) in [4.78, 5) is 7.15. The monoisotopic (exact) mass is 414 g/mol. The number of anilines is 2.